The van der Waals surface area contributed by atoms with Gasteiger partial charge in [0.1, 0.15) is 10.7 Å². The summed E-state index contributed by atoms with van der Waals surface area (Å²) in [6.45, 7) is 7.67. The lowest BCUT2D eigenvalue weighted by Crippen LogP contribution is -2.11. The number of nitrogens with one attached hydrogen (secondary N) is 1. The van der Waals surface area contributed by atoms with Crippen LogP contribution in [0.25, 0.3) is 21.3 Å². The Bertz CT molecular complexity index is 1190. The summed E-state index contributed by atoms with van der Waals surface area (Å²) in [5.74, 6) is 0.551. The number of pyridine rings is 1. The molecule has 0 aliphatic carbocycles. The predicted molar refractivity (Wildman–Crippen MR) is 103 cm³/mol. The summed E-state index contributed by atoms with van der Waals surface area (Å²) < 4.78 is 1.73. The van der Waals surface area contributed by atoms with Gasteiger partial charge >= 0.3 is 0 Å². The van der Waals surface area contributed by atoms with Gasteiger partial charge < -0.3 is 5.32 Å². The molecule has 0 fully saturated rings. The fourth-order valence-electron chi connectivity index (χ4n) is 3.25. The molecule has 0 saturated carbocycles. The molecule has 4 aromatic heterocycles. The second kappa shape index (κ2) is 5.84. The number of amides is 1. The lowest BCUT2D eigenvalue weighted by Gasteiger charge is -2.05. The summed E-state index contributed by atoms with van der Waals surface area (Å²) in [7, 11) is 1.85. The molecule has 1 amide bonds. The Kier molecular flexibility index (Phi) is 3.73. The first kappa shape index (κ1) is 16.6. The summed E-state index contributed by atoms with van der Waals surface area (Å²) in [6, 6.07) is 1.90. The van der Waals surface area contributed by atoms with E-state index in [9.17, 15) is 4.79 Å². The van der Waals surface area contributed by atoms with Gasteiger partial charge in [-0.05, 0) is 39.3 Å². The zero-order chi connectivity index (χ0) is 18.6. The zero-order valence-electron chi connectivity index (χ0n) is 15.2. The van der Waals surface area contributed by atoms with Crippen molar-refractivity contribution in [1.29, 1.82) is 0 Å². The molecule has 0 bridgehead atoms. The van der Waals surface area contributed by atoms with Gasteiger partial charge in [0.15, 0.2) is 5.65 Å². The highest BCUT2D eigenvalue weighted by Gasteiger charge is 2.19. The first-order valence-corrected chi connectivity index (χ1v) is 9.02. The maximum atomic E-state index is 12.8. The first-order chi connectivity index (χ1) is 12.3. The highest BCUT2D eigenvalue weighted by molar-refractivity contribution is 7.20. The maximum absolute atomic E-state index is 12.8. The highest BCUT2D eigenvalue weighted by Crippen LogP contribution is 2.32. The van der Waals surface area contributed by atoms with Gasteiger partial charge in [-0.3, -0.25) is 9.48 Å². The van der Waals surface area contributed by atoms with E-state index in [0.717, 1.165) is 38.2 Å². The Morgan fingerprint density at radius 3 is 2.69 bits per heavy atom. The Morgan fingerprint density at radius 1 is 1.15 bits per heavy atom. The Labute approximate surface area is 154 Å². The van der Waals surface area contributed by atoms with Crippen LogP contribution in [0.1, 0.15) is 32.4 Å². The third kappa shape index (κ3) is 2.53. The Balaban J connectivity index is 1.72. The van der Waals surface area contributed by atoms with Crippen LogP contribution in [0.4, 0.5) is 5.69 Å². The molecule has 4 rings (SSSR count). The van der Waals surface area contributed by atoms with Crippen LogP contribution < -0.4 is 5.32 Å². The molecule has 1 N–H and O–H groups in total. The molecule has 132 valence electrons. The van der Waals surface area contributed by atoms with Crippen LogP contribution in [0.3, 0.4) is 0 Å². The molecule has 0 atom stereocenters. The van der Waals surface area contributed by atoms with Crippen molar-refractivity contribution in [2.24, 2.45) is 7.05 Å². The third-order valence-electron chi connectivity index (χ3n) is 4.41. The van der Waals surface area contributed by atoms with E-state index in [4.69, 9.17) is 0 Å². The lowest BCUT2D eigenvalue weighted by molar-refractivity contribution is 0.103. The van der Waals surface area contributed by atoms with Gasteiger partial charge in [-0.2, -0.15) is 5.10 Å². The van der Waals surface area contributed by atoms with Crippen LogP contribution >= 0.6 is 11.3 Å². The number of aryl methyl sites for hydroxylation is 5. The molecule has 0 radical (unpaired) electrons. The van der Waals surface area contributed by atoms with Crippen LogP contribution in [-0.4, -0.2) is 30.6 Å². The quantitative estimate of drug-likeness (QED) is 0.587. The molecule has 7 nitrogen and oxygen atoms in total. The summed E-state index contributed by atoms with van der Waals surface area (Å²) in [4.78, 5) is 27.6. The molecule has 0 saturated heterocycles. The number of fused-ring (bicyclic) bond motifs is 2. The van der Waals surface area contributed by atoms with Crippen molar-refractivity contribution in [3.8, 4) is 0 Å². The van der Waals surface area contributed by atoms with Crippen LogP contribution in [0.15, 0.2) is 12.3 Å². The number of aromatic nitrogens is 5. The van der Waals surface area contributed by atoms with Crippen molar-refractivity contribution in [2.75, 3.05) is 5.32 Å². The van der Waals surface area contributed by atoms with E-state index in [1.807, 2.05) is 40.8 Å². The number of carbonyl (C=O) groups excluding carboxylic acids is 1. The van der Waals surface area contributed by atoms with Gasteiger partial charge in [-0.15, -0.1) is 11.3 Å². The van der Waals surface area contributed by atoms with Crippen molar-refractivity contribution in [3.05, 3.63) is 39.9 Å². The highest BCUT2D eigenvalue weighted by atomic mass is 32.1. The van der Waals surface area contributed by atoms with E-state index in [-0.39, 0.29) is 5.91 Å². The standard InChI is InChI=1S/C18H18N6OS/c1-8-14-10(3)20-11(4)21-18(14)26-15(8)17(25)22-12-6-13-9(2)23-24(5)16(13)19-7-12/h6-7H,1-5H3,(H,22,25). The Morgan fingerprint density at radius 2 is 1.92 bits per heavy atom. The van der Waals surface area contributed by atoms with E-state index >= 15 is 0 Å². The number of hydrogen-bond donors (Lipinski definition) is 1. The van der Waals surface area contributed by atoms with Crippen molar-refractivity contribution < 1.29 is 4.79 Å². The van der Waals surface area contributed by atoms with Crippen molar-refractivity contribution >= 4 is 44.2 Å². The molecular formula is C18H18N6OS. The monoisotopic (exact) mass is 366 g/mol. The SMILES string of the molecule is Cc1nc(C)c2c(C)c(C(=O)Nc3cnc4c(c3)c(C)nn4C)sc2n1. The molecule has 4 heterocycles. The van der Waals surface area contributed by atoms with E-state index in [1.165, 1.54) is 11.3 Å². The minimum atomic E-state index is -0.162. The van der Waals surface area contributed by atoms with Gasteiger partial charge in [0.05, 0.1) is 22.5 Å². The first-order valence-electron chi connectivity index (χ1n) is 8.20. The molecule has 0 aliphatic rings. The zero-order valence-corrected chi connectivity index (χ0v) is 16.0. The number of thiophene rings is 1. The number of anilines is 1. The number of rotatable bonds is 2. The summed E-state index contributed by atoms with van der Waals surface area (Å²) in [5, 5.41) is 9.19. The topological polar surface area (TPSA) is 85.6 Å². The molecule has 0 unspecified atom stereocenters. The van der Waals surface area contributed by atoms with Crippen molar-refractivity contribution in [1.82, 2.24) is 24.7 Å². The van der Waals surface area contributed by atoms with E-state index < -0.39 is 0 Å². The maximum Gasteiger partial charge on any atom is 0.266 e. The second-order valence-corrected chi connectivity index (χ2v) is 7.35. The second-order valence-electron chi connectivity index (χ2n) is 6.35. The molecule has 0 spiro atoms. The predicted octanol–water partition coefficient (Wildman–Crippen LogP) is 3.46. The number of hydrogen-bond acceptors (Lipinski definition) is 6. The normalized spacial score (nSPS) is 11.4. The average Bonchev–Trinajstić information content (AvgIpc) is 3.04. The lowest BCUT2D eigenvalue weighted by atomic mass is 10.1. The van der Waals surface area contributed by atoms with Gasteiger partial charge in [-0.25, -0.2) is 15.0 Å². The van der Waals surface area contributed by atoms with Crippen LogP contribution in [0, 0.1) is 27.7 Å². The van der Waals surface area contributed by atoms with E-state index in [0.29, 0.717) is 16.4 Å². The number of nitrogens with zero attached hydrogens (tertiary/aromatic N) is 5. The Hall–Kier alpha value is -2.87. The largest absolute Gasteiger partial charge is 0.320 e. The van der Waals surface area contributed by atoms with Crippen molar-refractivity contribution in [3.63, 3.8) is 0 Å². The molecule has 0 aromatic carbocycles. The average molecular weight is 366 g/mol. The van der Waals surface area contributed by atoms with Crippen molar-refractivity contribution in [2.45, 2.75) is 27.7 Å². The minimum Gasteiger partial charge on any atom is -0.320 e. The van der Waals surface area contributed by atoms with Gasteiger partial charge in [-0.1, -0.05) is 0 Å². The fourth-order valence-corrected chi connectivity index (χ4v) is 4.43. The van der Waals surface area contributed by atoms with Gasteiger partial charge in [0.25, 0.3) is 5.91 Å². The van der Waals surface area contributed by atoms with Crippen LogP contribution in [0.5, 0.6) is 0 Å². The molecular weight excluding hydrogens is 348 g/mol. The fraction of sp³-hybridized carbons (Fsp3) is 0.278. The molecule has 26 heavy (non-hydrogen) atoms. The number of carbonyl (C=O) groups is 1. The minimum absolute atomic E-state index is 0.162. The van der Waals surface area contributed by atoms with Gasteiger partial charge in [0.2, 0.25) is 0 Å². The van der Waals surface area contributed by atoms with E-state index in [2.05, 4.69) is 25.4 Å². The summed E-state index contributed by atoms with van der Waals surface area (Å²) in [5.41, 5.74) is 4.13. The van der Waals surface area contributed by atoms with Crippen LogP contribution in [-0.2, 0) is 7.05 Å². The molecule has 4 aromatic rings. The molecule has 0 aliphatic heterocycles. The molecule has 8 heteroatoms. The summed E-state index contributed by atoms with van der Waals surface area (Å²) >= 11 is 1.39. The smallest absolute Gasteiger partial charge is 0.266 e. The third-order valence-corrected chi connectivity index (χ3v) is 5.59. The van der Waals surface area contributed by atoms with E-state index in [1.54, 1.807) is 10.9 Å². The van der Waals surface area contributed by atoms with Gasteiger partial charge in [0, 0.05) is 23.5 Å². The van der Waals surface area contributed by atoms with Crippen LogP contribution in [0.2, 0.25) is 0 Å². The summed E-state index contributed by atoms with van der Waals surface area (Å²) in [6.07, 6.45) is 1.65.